The molecule has 3 aromatic rings. The standard InChI is InChI=1S/C23H24N4O2S/c1-4-14(2)28-21-11-8-15(12-16(21)13-24)23-25-22(26-29-23)19-7-5-6-18-17(19)9-10-20(18)27-30-3/h5-8,11-12,14,20,27H,4,9-10H2,1-3H3. The summed E-state index contributed by atoms with van der Waals surface area (Å²) in [5.41, 5.74) is 4.73. The molecule has 2 atom stereocenters. The lowest BCUT2D eigenvalue weighted by Gasteiger charge is -2.13. The molecule has 154 valence electrons. The molecule has 0 radical (unpaired) electrons. The summed E-state index contributed by atoms with van der Waals surface area (Å²) >= 11 is 1.64. The van der Waals surface area contributed by atoms with Crippen molar-refractivity contribution in [1.82, 2.24) is 14.9 Å². The molecule has 1 aromatic heterocycles. The zero-order chi connectivity index (χ0) is 21.1. The van der Waals surface area contributed by atoms with Crippen molar-refractivity contribution in [2.24, 2.45) is 0 Å². The topological polar surface area (TPSA) is 84.0 Å². The molecule has 1 aliphatic carbocycles. The maximum atomic E-state index is 9.53. The molecule has 0 amide bonds. The maximum absolute atomic E-state index is 9.53. The van der Waals surface area contributed by atoms with E-state index in [-0.39, 0.29) is 6.10 Å². The third kappa shape index (κ3) is 3.93. The number of nitrogens with zero attached hydrogens (tertiary/aromatic N) is 3. The van der Waals surface area contributed by atoms with Crippen LogP contribution in [0, 0.1) is 11.3 Å². The van der Waals surface area contributed by atoms with Crippen LogP contribution in [-0.2, 0) is 6.42 Å². The first-order valence-corrected chi connectivity index (χ1v) is 11.3. The van der Waals surface area contributed by atoms with Gasteiger partial charge in [0.1, 0.15) is 11.8 Å². The van der Waals surface area contributed by atoms with Gasteiger partial charge in [-0.3, -0.25) is 4.72 Å². The molecule has 1 N–H and O–H groups in total. The number of fused-ring (bicyclic) bond motifs is 1. The Morgan fingerprint density at radius 1 is 1.37 bits per heavy atom. The first-order chi connectivity index (χ1) is 14.6. The van der Waals surface area contributed by atoms with Crippen LogP contribution in [0.4, 0.5) is 0 Å². The van der Waals surface area contributed by atoms with Gasteiger partial charge in [0.05, 0.1) is 11.7 Å². The number of hydrogen-bond acceptors (Lipinski definition) is 7. The van der Waals surface area contributed by atoms with Crippen LogP contribution in [0.25, 0.3) is 22.8 Å². The Balaban J connectivity index is 1.64. The van der Waals surface area contributed by atoms with Crippen LogP contribution in [0.2, 0.25) is 0 Å². The largest absolute Gasteiger partial charge is 0.489 e. The number of hydrogen-bond donors (Lipinski definition) is 1. The normalized spacial score (nSPS) is 16.1. The maximum Gasteiger partial charge on any atom is 0.258 e. The average molecular weight is 421 g/mol. The molecule has 0 spiro atoms. The summed E-state index contributed by atoms with van der Waals surface area (Å²) in [7, 11) is 0. The van der Waals surface area contributed by atoms with Gasteiger partial charge in [0, 0.05) is 17.2 Å². The second kappa shape index (κ2) is 8.90. The number of rotatable bonds is 7. The van der Waals surface area contributed by atoms with Gasteiger partial charge >= 0.3 is 0 Å². The zero-order valence-electron chi connectivity index (χ0n) is 17.3. The van der Waals surface area contributed by atoms with E-state index in [1.807, 2.05) is 38.3 Å². The molecule has 0 saturated carbocycles. The Hall–Kier alpha value is -2.82. The van der Waals surface area contributed by atoms with Gasteiger partial charge in [-0.2, -0.15) is 10.2 Å². The van der Waals surface area contributed by atoms with Crippen molar-refractivity contribution >= 4 is 11.9 Å². The summed E-state index contributed by atoms with van der Waals surface area (Å²) in [6, 6.07) is 14.2. The van der Waals surface area contributed by atoms with Crippen LogP contribution < -0.4 is 9.46 Å². The Kier molecular flexibility index (Phi) is 6.07. The van der Waals surface area contributed by atoms with E-state index in [0.717, 1.165) is 24.8 Å². The van der Waals surface area contributed by atoms with Gasteiger partial charge in [-0.05, 0) is 61.8 Å². The minimum atomic E-state index is 0.0440. The fourth-order valence-corrected chi connectivity index (χ4v) is 4.26. The van der Waals surface area contributed by atoms with E-state index < -0.39 is 0 Å². The van der Waals surface area contributed by atoms with Crippen LogP contribution in [0.3, 0.4) is 0 Å². The van der Waals surface area contributed by atoms with Crippen molar-refractivity contribution in [3.05, 3.63) is 53.1 Å². The quantitative estimate of drug-likeness (QED) is 0.519. The van der Waals surface area contributed by atoms with Crippen LogP contribution in [0.1, 0.15) is 49.4 Å². The fraction of sp³-hybridized carbons (Fsp3) is 0.348. The smallest absolute Gasteiger partial charge is 0.258 e. The summed E-state index contributed by atoms with van der Waals surface area (Å²) in [6.07, 6.45) is 4.99. The van der Waals surface area contributed by atoms with Gasteiger partial charge in [-0.25, -0.2) is 0 Å². The molecule has 7 heteroatoms. The van der Waals surface area contributed by atoms with E-state index in [9.17, 15) is 5.26 Å². The second-order valence-electron chi connectivity index (χ2n) is 7.37. The van der Waals surface area contributed by atoms with Gasteiger partial charge in [0.15, 0.2) is 0 Å². The monoisotopic (exact) mass is 420 g/mol. The molecule has 2 aromatic carbocycles. The Labute approximate surface area is 180 Å². The van der Waals surface area contributed by atoms with Crippen LogP contribution >= 0.6 is 11.9 Å². The molecule has 0 saturated heterocycles. The molecule has 2 unspecified atom stereocenters. The number of nitrogens with one attached hydrogen (secondary N) is 1. The predicted octanol–water partition coefficient (Wildman–Crippen LogP) is 5.31. The highest BCUT2D eigenvalue weighted by Crippen LogP contribution is 2.38. The number of nitriles is 1. The highest BCUT2D eigenvalue weighted by Gasteiger charge is 2.26. The van der Waals surface area contributed by atoms with Crippen molar-refractivity contribution in [1.29, 1.82) is 5.26 Å². The zero-order valence-corrected chi connectivity index (χ0v) is 18.1. The fourth-order valence-electron chi connectivity index (χ4n) is 3.73. The van der Waals surface area contributed by atoms with E-state index in [1.54, 1.807) is 24.1 Å². The van der Waals surface area contributed by atoms with Crippen molar-refractivity contribution in [3.8, 4) is 34.7 Å². The third-order valence-electron chi connectivity index (χ3n) is 5.45. The van der Waals surface area contributed by atoms with E-state index in [1.165, 1.54) is 11.1 Å². The summed E-state index contributed by atoms with van der Waals surface area (Å²) in [6.45, 7) is 4.03. The lowest BCUT2D eigenvalue weighted by atomic mass is 10.0. The molecule has 0 aliphatic heterocycles. The van der Waals surface area contributed by atoms with E-state index in [0.29, 0.717) is 34.6 Å². The predicted molar refractivity (Wildman–Crippen MR) is 118 cm³/mol. The Morgan fingerprint density at radius 3 is 3.00 bits per heavy atom. The highest BCUT2D eigenvalue weighted by molar-refractivity contribution is 7.96. The van der Waals surface area contributed by atoms with Crippen molar-refractivity contribution < 1.29 is 9.26 Å². The highest BCUT2D eigenvalue weighted by atomic mass is 32.2. The minimum absolute atomic E-state index is 0.0440. The Morgan fingerprint density at radius 2 is 2.23 bits per heavy atom. The van der Waals surface area contributed by atoms with E-state index in [4.69, 9.17) is 9.26 Å². The summed E-state index contributed by atoms with van der Waals surface area (Å²) in [5, 5.41) is 13.8. The van der Waals surface area contributed by atoms with Crippen LogP contribution in [0.5, 0.6) is 5.75 Å². The number of aromatic nitrogens is 2. The molecular weight excluding hydrogens is 396 g/mol. The summed E-state index contributed by atoms with van der Waals surface area (Å²) in [4.78, 5) is 4.63. The molecule has 1 aliphatic rings. The van der Waals surface area contributed by atoms with Crippen molar-refractivity contribution in [2.75, 3.05) is 6.26 Å². The van der Waals surface area contributed by atoms with Crippen LogP contribution in [0.15, 0.2) is 40.9 Å². The van der Waals surface area contributed by atoms with E-state index >= 15 is 0 Å². The van der Waals surface area contributed by atoms with Crippen molar-refractivity contribution in [3.63, 3.8) is 0 Å². The molecule has 1 heterocycles. The number of benzene rings is 2. The van der Waals surface area contributed by atoms with Gasteiger partial charge in [0.2, 0.25) is 5.82 Å². The SMILES string of the molecule is CCC(C)Oc1ccc(-c2nc(-c3cccc4c3CCC4NSC)no2)cc1C#N. The van der Waals surface area contributed by atoms with Gasteiger partial charge in [-0.15, -0.1) is 0 Å². The molecule has 6 nitrogen and oxygen atoms in total. The first-order valence-electron chi connectivity index (χ1n) is 10.1. The summed E-state index contributed by atoms with van der Waals surface area (Å²) in [5.74, 6) is 1.54. The average Bonchev–Trinajstić information content (AvgIpc) is 3.42. The second-order valence-corrected chi connectivity index (χ2v) is 8.01. The minimum Gasteiger partial charge on any atom is -0.489 e. The lowest BCUT2D eigenvalue weighted by molar-refractivity contribution is 0.217. The van der Waals surface area contributed by atoms with Crippen molar-refractivity contribution in [2.45, 2.75) is 45.3 Å². The molecule has 0 bridgehead atoms. The van der Waals surface area contributed by atoms with E-state index in [2.05, 4.69) is 27.0 Å². The molecule has 4 rings (SSSR count). The Bertz CT molecular complexity index is 1090. The third-order valence-corrected chi connectivity index (χ3v) is 5.97. The van der Waals surface area contributed by atoms with Gasteiger partial charge in [-0.1, -0.05) is 42.2 Å². The first kappa shape index (κ1) is 20.5. The molecule has 30 heavy (non-hydrogen) atoms. The molecule has 0 fully saturated rings. The van der Waals surface area contributed by atoms with Crippen LogP contribution in [-0.4, -0.2) is 22.5 Å². The van der Waals surface area contributed by atoms with Gasteiger partial charge < -0.3 is 9.26 Å². The van der Waals surface area contributed by atoms with Gasteiger partial charge in [0.25, 0.3) is 5.89 Å². The summed E-state index contributed by atoms with van der Waals surface area (Å²) < 4.78 is 14.8. The number of ether oxygens (including phenoxy) is 1. The molecular formula is C23H24N4O2S. The lowest BCUT2D eigenvalue weighted by Crippen LogP contribution is -2.10.